The molecule has 2 aliphatic rings. The number of ether oxygens (including phenoxy) is 4. The van der Waals surface area contributed by atoms with Gasteiger partial charge in [-0.1, -0.05) is 78.9 Å². The van der Waals surface area contributed by atoms with Gasteiger partial charge >= 0.3 is 5.97 Å². The summed E-state index contributed by atoms with van der Waals surface area (Å²) in [6.45, 7) is 1.71. The van der Waals surface area contributed by atoms with E-state index < -0.39 is 42.7 Å². The monoisotopic (exact) mass is 487 g/mol. The predicted molar refractivity (Wildman–Crippen MR) is 132 cm³/mol. The summed E-state index contributed by atoms with van der Waals surface area (Å²) < 4.78 is 24.9. The van der Waals surface area contributed by atoms with Crippen LogP contribution in [0.25, 0.3) is 0 Å². The van der Waals surface area contributed by atoms with Gasteiger partial charge < -0.3 is 24.3 Å². The van der Waals surface area contributed by atoms with Crippen LogP contribution >= 0.6 is 0 Å². The highest BCUT2D eigenvalue weighted by Crippen LogP contribution is 2.36. The molecule has 3 aromatic rings. The summed E-state index contributed by atoms with van der Waals surface area (Å²) in [4.78, 5) is 25.5. The van der Waals surface area contributed by atoms with Crippen molar-refractivity contribution in [2.24, 2.45) is 0 Å². The van der Waals surface area contributed by atoms with Gasteiger partial charge in [0.25, 0.3) is 0 Å². The van der Waals surface area contributed by atoms with Crippen molar-refractivity contribution in [2.75, 3.05) is 6.61 Å². The van der Waals surface area contributed by atoms with E-state index in [0.717, 1.165) is 11.1 Å². The molecule has 36 heavy (non-hydrogen) atoms. The molecule has 0 saturated carbocycles. The Kier molecular flexibility index (Phi) is 7.41. The van der Waals surface area contributed by atoms with Crippen molar-refractivity contribution in [1.82, 2.24) is 5.32 Å². The van der Waals surface area contributed by atoms with Crippen LogP contribution in [0.3, 0.4) is 0 Å². The molecule has 186 valence electrons. The molecule has 6 atom stereocenters. The first-order chi connectivity index (χ1) is 17.6. The van der Waals surface area contributed by atoms with E-state index in [-0.39, 0.29) is 12.5 Å². The van der Waals surface area contributed by atoms with Gasteiger partial charge in [0, 0.05) is 18.9 Å². The highest BCUT2D eigenvalue weighted by Gasteiger charge is 2.52. The number of rotatable bonds is 6. The van der Waals surface area contributed by atoms with Crippen LogP contribution in [-0.4, -0.2) is 48.9 Å². The minimum absolute atomic E-state index is 0.243. The average molecular weight is 488 g/mol. The van der Waals surface area contributed by atoms with Crippen LogP contribution in [0, 0.1) is 0 Å². The Labute approximate surface area is 210 Å². The van der Waals surface area contributed by atoms with E-state index in [4.69, 9.17) is 18.9 Å². The van der Waals surface area contributed by atoms with E-state index in [1.165, 1.54) is 6.92 Å². The van der Waals surface area contributed by atoms with Crippen molar-refractivity contribution in [1.29, 1.82) is 0 Å². The number of amides is 1. The maximum Gasteiger partial charge on any atom is 0.338 e. The molecule has 1 N–H and O–H groups in total. The quantitative estimate of drug-likeness (QED) is 0.532. The molecule has 7 nitrogen and oxygen atoms in total. The zero-order chi connectivity index (χ0) is 24.9. The fourth-order valence-electron chi connectivity index (χ4n) is 4.80. The summed E-state index contributed by atoms with van der Waals surface area (Å²) in [6, 6.07) is 27.6. The summed E-state index contributed by atoms with van der Waals surface area (Å²) in [7, 11) is 0. The lowest BCUT2D eigenvalue weighted by Gasteiger charge is -2.49. The fourth-order valence-corrected chi connectivity index (χ4v) is 4.80. The molecule has 2 aliphatic heterocycles. The second kappa shape index (κ2) is 11.0. The van der Waals surface area contributed by atoms with Gasteiger partial charge in [-0.2, -0.15) is 0 Å². The molecular weight excluding hydrogens is 458 g/mol. The van der Waals surface area contributed by atoms with Gasteiger partial charge in [0.1, 0.15) is 12.2 Å². The van der Waals surface area contributed by atoms with Gasteiger partial charge in [0.05, 0.1) is 24.3 Å². The fraction of sp³-hybridized carbons (Fsp3) is 0.310. The number of carbonyl (C=O) groups is 2. The predicted octanol–water partition coefficient (Wildman–Crippen LogP) is 3.84. The maximum absolute atomic E-state index is 13.2. The second-order valence-corrected chi connectivity index (χ2v) is 9.04. The van der Waals surface area contributed by atoms with Gasteiger partial charge in [0.15, 0.2) is 12.4 Å². The molecule has 0 radical (unpaired) electrons. The molecule has 1 amide bonds. The van der Waals surface area contributed by atoms with Crippen molar-refractivity contribution in [3.63, 3.8) is 0 Å². The van der Waals surface area contributed by atoms with E-state index >= 15 is 0 Å². The normalized spacial score (nSPS) is 27.5. The Balaban J connectivity index is 1.47. The van der Waals surface area contributed by atoms with E-state index in [1.807, 2.05) is 66.7 Å². The first-order valence-corrected chi connectivity index (χ1v) is 12.1. The number of carbonyl (C=O) groups excluding carboxylic acids is 2. The van der Waals surface area contributed by atoms with Crippen molar-refractivity contribution in [3.8, 4) is 0 Å². The Hall–Kier alpha value is -3.52. The molecule has 0 bridgehead atoms. The number of fused-ring (bicyclic) bond motifs is 1. The van der Waals surface area contributed by atoms with Crippen LogP contribution in [0.15, 0.2) is 91.0 Å². The lowest BCUT2D eigenvalue weighted by Crippen LogP contribution is -2.67. The molecular formula is C29H29NO6. The van der Waals surface area contributed by atoms with Crippen LogP contribution in [0.4, 0.5) is 0 Å². The van der Waals surface area contributed by atoms with Crippen molar-refractivity contribution in [2.45, 2.75) is 50.1 Å². The maximum atomic E-state index is 13.2. The molecule has 0 aromatic heterocycles. The SMILES string of the molecule is CC(=O)NC1C(Cc2ccccc2)OC2COC(c3ccccc3)O[C@@H]2[C@@H]1OC(=O)c1ccccc1. The Morgan fingerprint density at radius 3 is 2.19 bits per heavy atom. The van der Waals surface area contributed by atoms with Gasteiger partial charge in [0.2, 0.25) is 5.91 Å². The van der Waals surface area contributed by atoms with Gasteiger partial charge in [-0.25, -0.2) is 4.79 Å². The molecule has 4 unspecified atom stereocenters. The Morgan fingerprint density at radius 1 is 0.889 bits per heavy atom. The second-order valence-electron chi connectivity index (χ2n) is 9.04. The lowest BCUT2D eigenvalue weighted by molar-refractivity contribution is -0.314. The Bertz CT molecular complexity index is 1160. The average Bonchev–Trinajstić information content (AvgIpc) is 2.91. The van der Waals surface area contributed by atoms with E-state index in [1.54, 1.807) is 24.3 Å². The summed E-state index contributed by atoms with van der Waals surface area (Å²) in [5.74, 6) is -0.728. The zero-order valence-corrected chi connectivity index (χ0v) is 20.0. The summed E-state index contributed by atoms with van der Waals surface area (Å²) in [5.41, 5.74) is 2.32. The third-order valence-corrected chi connectivity index (χ3v) is 6.46. The lowest BCUT2D eigenvalue weighted by atomic mass is 9.88. The summed E-state index contributed by atoms with van der Waals surface area (Å²) >= 11 is 0. The summed E-state index contributed by atoms with van der Waals surface area (Å²) in [5, 5.41) is 2.98. The third kappa shape index (κ3) is 5.49. The molecule has 0 aliphatic carbocycles. The van der Waals surface area contributed by atoms with Crippen LogP contribution in [0.2, 0.25) is 0 Å². The molecule has 5 rings (SSSR count). The standard InChI is InChI=1S/C29H29NO6/c1-19(31)30-25-23(17-20-11-5-2-6-12-20)34-24-18-33-29(22-15-9-4-10-16-22)36-26(24)27(25)35-28(32)21-13-7-3-8-14-21/h2-16,23-27,29H,17-18H2,1H3,(H,30,31)/t23?,24?,25?,26-,27+,29?/m0/s1. The van der Waals surface area contributed by atoms with Gasteiger partial charge in [-0.3, -0.25) is 4.79 Å². The van der Waals surface area contributed by atoms with Gasteiger partial charge in [-0.15, -0.1) is 0 Å². The highest BCUT2D eigenvalue weighted by molar-refractivity contribution is 5.89. The third-order valence-electron chi connectivity index (χ3n) is 6.46. The molecule has 2 fully saturated rings. The van der Waals surface area contributed by atoms with E-state index in [2.05, 4.69) is 5.32 Å². The number of benzene rings is 3. The van der Waals surface area contributed by atoms with Crippen molar-refractivity contribution in [3.05, 3.63) is 108 Å². The molecule has 0 spiro atoms. The Morgan fingerprint density at radius 2 is 1.53 bits per heavy atom. The molecule has 2 heterocycles. The highest BCUT2D eigenvalue weighted by atomic mass is 16.7. The molecule has 7 heteroatoms. The molecule has 3 aromatic carbocycles. The van der Waals surface area contributed by atoms with Crippen LogP contribution in [-0.2, 0) is 30.2 Å². The van der Waals surface area contributed by atoms with E-state index in [0.29, 0.717) is 12.0 Å². The number of esters is 1. The minimum Gasteiger partial charge on any atom is -0.454 e. The number of hydrogen-bond acceptors (Lipinski definition) is 6. The van der Waals surface area contributed by atoms with Crippen LogP contribution < -0.4 is 5.32 Å². The topological polar surface area (TPSA) is 83.1 Å². The summed E-state index contributed by atoms with van der Waals surface area (Å²) in [6.07, 6.45) is -2.47. The molecule has 2 saturated heterocycles. The largest absolute Gasteiger partial charge is 0.454 e. The number of hydrogen-bond donors (Lipinski definition) is 1. The van der Waals surface area contributed by atoms with Crippen LogP contribution in [0.5, 0.6) is 0 Å². The first-order valence-electron chi connectivity index (χ1n) is 12.1. The first kappa shape index (κ1) is 24.2. The van der Waals surface area contributed by atoms with Crippen molar-refractivity contribution < 1.29 is 28.5 Å². The smallest absolute Gasteiger partial charge is 0.338 e. The van der Waals surface area contributed by atoms with E-state index in [9.17, 15) is 9.59 Å². The van der Waals surface area contributed by atoms with Crippen LogP contribution in [0.1, 0.15) is 34.7 Å². The zero-order valence-electron chi connectivity index (χ0n) is 20.0. The minimum atomic E-state index is -0.788. The van der Waals surface area contributed by atoms with Gasteiger partial charge in [-0.05, 0) is 17.7 Å². The van der Waals surface area contributed by atoms with Crippen molar-refractivity contribution >= 4 is 11.9 Å². The number of nitrogens with one attached hydrogen (secondary N) is 1.